The molecule has 6 heteroatoms. The molecule has 6 nitrogen and oxygen atoms in total. The van der Waals surface area contributed by atoms with Crippen molar-refractivity contribution < 1.29 is 4.79 Å². The van der Waals surface area contributed by atoms with E-state index in [2.05, 4.69) is 31.7 Å². The van der Waals surface area contributed by atoms with Gasteiger partial charge in [-0.25, -0.2) is 9.97 Å². The molecule has 1 unspecified atom stereocenters. The lowest BCUT2D eigenvalue weighted by atomic mass is 10.0. The summed E-state index contributed by atoms with van der Waals surface area (Å²) >= 11 is 0. The predicted octanol–water partition coefficient (Wildman–Crippen LogP) is 4.12. The highest BCUT2D eigenvalue weighted by atomic mass is 16.2. The molecule has 1 amide bonds. The van der Waals surface area contributed by atoms with Crippen LogP contribution >= 0.6 is 0 Å². The van der Waals surface area contributed by atoms with Crippen LogP contribution in [0, 0.1) is 6.92 Å². The Bertz CT molecular complexity index is 914. The minimum Gasteiger partial charge on any atom is -0.340 e. The number of nitrogens with one attached hydrogen (secondary N) is 1. The molecule has 0 aliphatic carbocycles. The molecule has 0 radical (unpaired) electrons. The minimum absolute atomic E-state index is 0.0497. The second-order valence-electron chi connectivity index (χ2n) is 7.42. The zero-order chi connectivity index (χ0) is 19.3. The van der Waals surface area contributed by atoms with Crippen molar-refractivity contribution in [3.63, 3.8) is 0 Å². The molecule has 146 valence electrons. The molecule has 2 aromatic heterocycles. The van der Waals surface area contributed by atoms with Gasteiger partial charge in [-0.05, 0) is 38.2 Å². The maximum atomic E-state index is 12.9. The van der Waals surface area contributed by atoms with E-state index in [9.17, 15) is 4.79 Å². The topological polar surface area (TPSA) is 66.8 Å². The average molecular weight is 377 g/mol. The predicted molar refractivity (Wildman–Crippen MR) is 109 cm³/mol. The van der Waals surface area contributed by atoms with Crippen molar-refractivity contribution in [1.82, 2.24) is 24.4 Å². The van der Waals surface area contributed by atoms with Crippen molar-refractivity contribution in [2.24, 2.45) is 0 Å². The van der Waals surface area contributed by atoms with Crippen LogP contribution in [0.5, 0.6) is 0 Å². The number of H-pyrrole nitrogens is 1. The van der Waals surface area contributed by atoms with Gasteiger partial charge in [0, 0.05) is 31.9 Å². The summed E-state index contributed by atoms with van der Waals surface area (Å²) in [5.74, 6) is 2.12. The van der Waals surface area contributed by atoms with Gasteiger partial charge in [-0.3, -0.25) is 4.79 Å². The smallest absolute Gasteiger partial charge is 0.223 e. The largest absolute Gasteiger partial charge is 0.340 e. The van der Waals surface area contributed by atoms with E-state index >= 15 is 0 Å². The Balaban J connectivity index is 1.42. The lowest BCUT2D eigenvalue weighted by molar-refractivity contribution is -0.135. The molecule has 3 aromatic rings. The van der Waals surface area contributed by atoms with E-state index < -0.39 is 0 Å². The third-order valence-electron chi connectivity index (χ3n) is 5.53. The molecule has 1 aliphatic rings. The first-order valence-electron chi connectivity index (χ1n) is 10.1. The van der Waals surface area contributed by atoms with Crippen molar-refractivity contribution >= 4 is 5.91 Å². The highest BCUT2D eigenvalue weighted by molar-refractivity contribution is 5.76. The number of amides is 1. The van der Waals surface area contributed by atoms with Crippen molar-refractivity contribution in [3.05, 3.63) is 60.6 Å². The number of nitrogens with zero attached hydrogens (tertiary/aromatic N) is 4. The molecule has 1 atom stereocenters. The number of rotatable bonds is 6. The fraction of sp³-hybridized carbons (Fsp3) is 0.409. The van der Waals surface area contributed by atoms with Crippen molar-refractivity contribution in [1.29, 1.82) is 0 Å². The van der Waals surface area contributed by atoms with Crippen LogP contribution in [0.3, 0.4) is 0 Å². The van der Waals surface area contributed by atoms with Crippen LogP contribution in [0.1, 0.15) is 49.8 Å². The molecule has 1 aliphatic heterocycles. The van der Waals surface area contributed by atoms with E-state index in [0.29, 0.717) is 6.42 Å². The van der Waals surface area contributed by atoms with Crippen molar-refractivity contribution in [2.75, 3.05) is 6.54 Å². The van der Waals surface area contributed by atoms with Crippen LogP contribution < -0.4 is 0 Å². The molecule has 4 rings (SSSR count). The molecule has 3 heterocycles. The number of hydrogen-bond acceptors (Lipinski definition) is 3. The van der Waals surface area contributed by atoms with Gasteiger partial charge < -0.3 is 14.5 Å². The Kier molecular flexibility index (Phi) is 5.55. The van der Waals surface area contributed by atoms with Gasteiger partial charge >= 0.3 is 0 Å². The molecule has 28 heavy (non-hydrogen) atoms. The highest BCUT2D eigenvalue weighted by Gasteiger charge is 2.29. The second kappa shape index (κ2) is 8.42. The number of benzene rings is 1. The first-order valence-corrected chi connectivity index (χ1v) is 10.1. The summed E-state index contributed by atoms with van der Waals surface area (Å²) in [5.41, 5.74) is 2.12. The fourth-order valence-electron chi connectivity index (χ4n) is 3.97. The summed E-state index contributed by atoms with van der Waals surface area (Å²) in [6.45, 7) is 3.63. The van der Waals surface area contributed by atoms with E-state index in [1.807, 2.05) is 42.4 Å². The molecular formula is C22H27N5O. The molecule has 1 aromatic carbocycles. The average Bonchev–Trinajstić information content (AvgIpc) is 3.38. The molecule has 0 saturated carbocycles. The number of piperidine rings is 1. The molecule has 1 fully saturated rings. The zero-order valence-electron chi connectivity index (χ0n) is 16.3. The Morgan fingerprint density at radius 2 is 2.07 bits per heavy atom. The Morgan fingerprint density at radius 1 is 1.21 bits per heavy atom. The van der Waals surface area contributed by atoms with E-state index in [-0.39, 0.29) is 11.9 Å². The molecule has 1 saturated heterocycles. The van der Waals surface area contributed by atoms with Gasteiger partial charge in [0.1, 0.15) is 11.6 Å². The maximum absolute atomic E-state index is 12.9. The van der Waals surface area contributed by atoms with Crippen LogP contribution in [-0.4, -0.2) is 36.9 Å². The molecule has 0 bridgehead atoms. The molecular weight excluding hydrogens is 350 g/mol. The fourth-order valence-corrected chi connectivity index (χ4v) is 3.97. The number of carbonyl (C=O) groups is 1. The lowest BCUT2D eigenvalue weighted by Gasteiger charge is -2.34. The standard InChI is InChI=1S/C22H27N5O/c1-17-23-12-15-26(17)13-7-11-21(28)27-14-6-5-10-20(27)22-24-16-19(25-22)18-8-3-2-4-9-18/h2-4,8-9,12,15-16,20H,5-7,10-11,13-14H2,1H3,(H,24,25). The van der Waals surface area contributed by atoms with Crippen LogP contribution in [0.2, 0.25) is 0 Å². The minimum atomic E-state index is 0.0497. The van der Waals surface area contributed by atoms with Crippen molar-refractivity contribution in [3.8, 4) is 11.3 Å². The number of aromatic nitrogens is 4. The third-order valence-corrected chi connectivity index (χ3v) is 5.53. The number of carbonyl (C=O) groups excluding carboxylic acids is 1. The van der Waals surface area contributed by atoms with Crippen LogP contribution in [0.15, 0.2) is 48.9 Å². The Hall–Kier alpha value is -2.89. The van der Waals surface area contributed by atoms with E-state index in [0.717, 1.165) is 61.7 Å². The van der Waals surface area contributed by atoms with Crippen LogP contribution in [-0.2, 0) is 11.3 Å². The van der Waals surface area contributed by atoms with E-state index in [4.69, 9.17) is 0 Å². The van der Waals surface area contributed by atoms with Gasteiger partial charge in [0.25, 0.3) is 0 Å². The second-order valence-corrected chi connectivity index (χ2v) is 7.42. The van der Waals surface area contributed by atoms with Gasteiger partial charge in [0.2, 0.25) is 5.91 Å². The first-order chi connectivity index (χ1) is 13.7. The van der Waals surface area contributed by atoms with Crippen molar-refractivity contribution in [2.45, 2.75) is 51.6 Å². The van der Waals surface area contributed by atoms with Gasteiger partial charge in [-0.1, -0.05) is 30.3 Å². The first kappa shape index (κ1) is 18.5. The number of aromatic amines is 1. The normalized spacial score (nSPS) is 17.0. The summed E-state index contributed by atoms with van der Waals surface area (Å²) in [6, 6.07) is 10.2. The number of aryl methyl sites for hydroxylation is 2. The zero-order valence-corrected chi connectivity index (χ0v) is 16.3. The lowest BCUT2D eigenvalue weighted by Crippen LogP contribution is -2.39. The highest BCUT2D eigenvalue weighted by Crippen LogP contribution is 2.31. The maximum Gasteiger partial charge on any atom is 0.223 e. The quantitative estimate of drug-likeness (QED) is 0.703. The molecule has 1 N–H and O–H groups in total. The summed E-state index contributed by atoms with van der Waals surface area (Å²) < 4.78 is 2.10. The summed E-state index contributed by atoms with van der Waals surface area (Å²) in [5, 5.41) is 0. The Labute approximate surface area is 165 Å². The summed E-state index contributed by atoms with van der Waals surface area (Å²) in [6.07, 6.45) is 10.2. The van der Waals surface area contributed by atoms with Crippen LogP contribution in [0.25, 0.3) is 11.3 Å². The number of imidazole rings is 2. The van der Waals surface area contributed by atoms with Gasteiger partial charge in [0.05, 0.1) is 17.9 Å². The van der Waals surface area contributed by atoms with Gasteiger partial charge in [-0.15, -0.1) is 0 Å². The van der Waals surface area contributed by atoms with Crippen LogP contribution in [0.4, 0.5) is 0 Å². The summed E-state index contributed by atoms with van der Waals surface area (Å²) in [4.78, 5) is 27.3. The molecule has 0 spiro atoms. The Morgan fingerprint density at radius 3 is 2.86 bits per heavy atom. The van der Waals surface area contributed by atoms with Gasteiger partial charge in [-0.2, -0.15) is 0 Å². The van der Waals surface area contributed by atoms with Gasteiger partial charge in [0.15, 0.2) is 0 Å². The van der Waals surface area contributed by atoms with E-state index in [1.54, 1.807) is 6.20 Å². The third kappa shape index (κ3) is 4.01. The summed E-state index contributed by atoms with van der Waals surface area (Å²) in [7, 11) is 0. The number of likely N-dealkylation sites (tertiary alicyclic amines) is 1. The monoisotopic (exact) mass is 377 g/mol. The van der Waals surface area contributed by atoms with E-state index in [1.165, 1.54) is 0 Å². The SMILES string of the molecule is Cc1nccn1CCCC(=O)N1CCCCC1c1ncc(-c2ccccc2)[nH]1. The number of hydrogen-bond donors (Lipinski definition) is 1.